The summed E-state index contributed by atoms with van der Waals surface area (Å²) in [6.07, 6.45) is 11.7. The Bertz CT molecular complexity index is 1040. The summed E-state index contributed by atoms with van der Waals surface area (Å²) in [4.78, 5) is 14.0. The van der Waals surface area contributed by atoms with E-state index in [1.165, 1.54) is 5.70 Å². The predicted molar refractivity (Wildman–Crippen MR) is 108 cm³/mol. The summed E-state index contributed by atoms with van der Waals surface area (Å²) in [5, 5.41) is 11.9. The van der Waals surface area contributed by atoms with Gasteiger partial charge in [-0.15, -0.1) is 0 Å². The molecule has 2 aromatic carbocycles. The molecule has 0 saturated heterocycles. The molecule has 0 radical (unpaired) electrons. The van der Waals surface area contributed by atoms with Crippen molar-refractivity contribution < 1.29 is 4.92 Å². The van der Waals surface area contributed by atoms with Gasteiger partial charge >= 0.3 is 0 Å². The van der Waals surface area contributed by atoms with E-state index in [1.807, 2.05) is 36.4 Å². The molecular weight excluding hydrogens is 336 g/mol. The quantitative estimate of drug-likeness (QED) is 0.553. The molecule has 0 saturated carbocycles. The topological polar surface area (TPSA) is 46.4 Å². The number of nitro groups is 1. The van der Waals surface area contributed by atoms with Gasteiger partial charge in [-0.05, 0) is 41.3 Å². The van der Waals surface area contributed by atoms with Crippen LogP contribution in [0.3, 0.4) is 0 Å². The van der Waals surface area contributed by atoms with Crippen molar-refractivity contribution in [1.82, 2.24) is 0 Å². The SMILES string of the molecule is CC1([N+](=O)[O-])CC=Cc2ccc3c(c21)CC1C=CN(c2ccccc2)C1=C3. The van der Waals surface area contributed by atoms with Crippen LogP contribution in [0.1, 0.15) is 35.6 Å². The lowest BCUT2D eigenvalue weighted by Gasteiger charge is -2.32. The van der Waals surface area contributed by atoms with Crippen molar-refractivity contribution in [2.75, 3.05) is 4.90 Å². The first-order valence-electron chi connectivity index (χ1n) is 9.29. The molecule has 27 heavy (non-hydrogen) atoms. The molecule has 0 fully saturated rings. The first-order valence-corrected chi connectivity index (χ1v) is 9.29. The first-order chi connectivity index (χ1) is 13.1. The van der Waals surface area contributed by atoms with Crippen molar-refractivity contribution >= 4 is 17.8 Å². The van der Waals surface area contributed by atoms with E-state index in [0.29, 0.717) is 6.42 Å². The maximum atomic E-state index is 11.9. The van der Waals surface area contributed by atoms with Gasteiger partial charge in [0.1, 0.15) is 0 Å². The highest BCUT2D eigenvalue weighted by atomic mass is 16.6. The van der Waals surface area contributed by atoms with Crippen molar-refractivity contribution in [1.29, 1.82) is 0 Å². The molecule has 0 aromatic heterocycles. The van der Waals surface area contributed by atoms with E-state index < -0.39 is 5.54 Å². The number of fused-ring (bicyclic) bond motifs is 4. The van der Waals surface area contributed by atoms with Gasteiger partial charge in [-0.1, -0.05) is 48.6 Å². The molecule has 1 aliphatic heterocycles. The highest BCUT2D eigenvalue weighted by Crippen LogP contribution is 2.45. The number of allylic oxidation sites excluding steroid dienone is 1. The Morgan fingerprint density at radius 3 is 2.70 bits per heavy atom. The number of hydrogen-bond acceptors (Lipinski definition) is 3. The van der Waals surface area contributed by atoms with E-state index in [9.17, 15) is 10.1 Å². The molecular formula is C23H20N2O2. The molecule has 2 atom stereocenters. The Morgan fingerprint density at radius 2 is 1.93 bits per heavy atom. The number of anilines is 1. The van der Waals surface area contributed by atoms with Gasteiger partial charge in [0.25, 0.3) is 0 Å². The monoisotopic (exact) mass is 356 g/mol. The summed E-state index contributed by atoms with van der Waals surface area (Å²) in [5.74, 6) is 0.256. The smallest absolute Gasteiger partial charge is 0.248 e. The number of hydrogen-bond donors (Lipinski definition) is 0. The first kappa shape index (κ1) is 16.1. The number of nitrogens with zero attached hydrogens (tertiary/aromatic N) is 2. The molecule has 0 N–H and O–H groups in total. The van der Waals surface area contributed by atoms with E-state index in [0.717, 1.165) is 34.4 Å². The Hall–Kier alpha value is -3.14. The Kier molecular flexibility index (Phi) is 3.38. The molecule has 0 spiro atoms. The lowest BCUT2D eigenvalue weighted by atomic mass is 9.74. The van der Waals surface area contributed by atoms with Crippen LogP contribution in [0.5, 0.6) is 0 Å². The number of para-hydroxylation sites is 1. The maximum absolute atomic E-state index is 11.9. The van der Waals surface area contributed by atoms with Gasteiger partial charge in [-0.2, -0.15) is 0 Å². The van der Waals surface area contributed by atoms with Crippen LogP contribution >= 0.6 is 0 Å². The van der Waals surface area contributed by atoms with Crippen LogP contribution in [-0.2, 0) is 12.0 Å². The van der Waals surface area contributed by atoms with E-state index in [1.54, 1.807) is 6.92 Å². The highest BCUT2D eigenvalue weighted by molar-refractivity contribution is 5.74. The van der Waals surface area contributed by atoms with Gasteiger partial charge in [0.2, 0.25) is 5.54 Å². The standard InChI is InChI=1S/C23H20N2O2/c1-23(25(26)27)12-5-6-16-9-10-17-15-21-18(14-20(17)22(16)23)11-13-24(21)19-7-3-2-4-8-19/h2-11,13,15,18H,12,14H2,1H3. The number of benzene rings is 2. The minimum Gasteiger partial charge on any atom is -0.321 e. The van der Waals surface area contributed by atoms with Gasteiger partial charge in [-0.25, -0.2) is 0 Å². The molecule has 2 aliphatic carbocycles. The third-order valence-electron chi connectivity index (χ3n) is 6.02. The van der Waals surface area contributed by atoms with Crippen LogP contribution < -0.4 is 4.90 Å². The molecule has 4 nitrogen and oxygen atoms in total. The van der Waals surface area contributed by atoms with Crippen LogP contribution in [0.2, 0.25) is 0 Å². The summed E-state index contributed by atoms with van der Waals surface area (Å²) >= 11 is 0. The Balaban J connectivity index is 1.66. The lowest BCUT2D eigenvalue weighted by molar-refractivity contribution is -0.574. The second-order valence-corrected chi connectivity index (χ2v) is 7.66. The van der Waals surface area contributed by atoms with Crippen molar-refractivity contribution in [3.05, 3.63) is 98.9 Å². The van der Waals surface area contributed by atoms with Crippen LogP contribution in [-0.4, -0.2) is 4.92 Å². The average Bonchev–Trinajstić information content (AvgIpc) is 3.09. The summed E-state index contributed by atoms with van der Waals surface area (Å²) in [7, 11) is 0. The van der Waals surface area contributed by atoms with E-state index in [2.05, 4.69) is 41.5 Å². The largest absolute Gasteiger partial charge is 0.321 e. The van der Waals surface area contributed by atoms with Gasteiger partial charge in [0.15, 0.2) is 0 Å². The molecule has 134 valence electrons. The molecule has 0 amide bonds. The summed E-state index contributed by atoms with van der Waals surface area (Å²) in [6.45, 7) is 1.76. The second-order valence-electron chi connectivity index (χ2n) is 7.66. The molecule has 2 aromatic rings. The summed E-state index contributed by atoms with van der Waals surface area (Å²) in [5.41, 5.74) is 5.44. The van der Waals surface area contributed by atoms with E-state index in [-0.39, 0.29) is 10.8 Å². The fraction of sp³-hybridized carbons (Fsp3) is 0.217. The van der Waals surface area contributed by atoms with Crippen molar-refractivity contribution in [3.63, 3.8) is 0 Å². The van der Waals surface area contributed by atoms with Gasteiger partial charge in [0.05, 0.1) is 0 Å². The van der Waals surface area contributed by atoms with Crippen LogP contribution in [0.25, 0.3) is 12.2 Å². The van der Waals surface area contributed by atoms with Crippen molar-refractivity contribution in [3.8, 4) is 0 Å². The molecule has 2 unspecified atom stereocenters. The normalized spacial score (nSPS) is 24.9. The lowest BCUT2D eigenvalue weighted by Crippen LogP contribution is -2.36. The zero-order chi connectivity index (χ0) is 18.6. The van der Waals surface area contributed by atoms with Crippen molar-refractivity contribution in [2.45, 2.75) is 25.3 Å². The third-order valence-corrected chi connectivity index (χ3v) is 6.02. The fourth-order valence-electron chi connectivity index (χ4n) is 4.60. The highest BCUT2D eigenvalue weighted by Gasteiger charge is 2.45. The van der Waals surface area contributed by atoms with Gasteiger partial charge in [0, 0.05) is 47.3 Å². The molecule has 3 aliphatic rings. The van der Waals surface area contributed by atoms with Crippen LogP contribution in [0.4, 0.5) is 5.69 Å². The molecule has 1 heterocycles. The second kappa shape index (κ2) is 5.68. The summed E-state index contributed by atoms with van der Waals surface area (Å²) in [6, 6.07) is 14.4. The van der Waals surface area contributed by atoms with Gasteiger partial charge < -0.3 is 4.90 Å². The van der Waals surface area contributed by atoms with Crippen molar-refractivity contribution in [2.24, 2.45) is 5.92 Å². The Labute approximate surface area is 158 Å². The average molecular weight is 356 g/mol. The number of rotatable bonds is 2. The van der Waals surface area contributed by atoms with Crippen LogP contribution in [0.15, 0.2) is 66.5 Å². The maximum Gasteiger partial charge on any atom is 0.248 e. The minimum atomic E-state index is -1.05. The molecule has 5 rings (SSSR count). The molecule has 0 bridgehead atoms. The summed E-state index contributed by atoms with van der Waals surface area (Å²) < 4.78 is 0. The Morgan fingerprint density at radius 1 is 1.15 bits per heavy atom. The molecule has 4 heteroatoms. The van der Waals surface area contributed by atoms with Crippen LogP contribution in [0, 0.1) is 16.0 Å². The van der Waals surface area contributed by atoms with Gasteiger partial charge in [-0.3, -0.25) is 10.1 Å². The predicted octanol–water partition coefficient (Wildman–Crippen LogP) is 5.14. The third kappa shape index (κ3) is 2.29. The zero-order valence-corrected chi connectivity index (χ0v) is 15.1. The zero-order valence-electron chi connectivity index (χ0n) is 15.1. The fourth-order valence-corrected chi connectivity index (χ4v) is 4.60. The van der Waals surface area contributed by atoms with E-state index >= 15 is 0 Å². The minimum absolute atomic E-state index is 0.115. The van der Waals surface area contributed by atoms with E-state index in [4.69, 9.17) is 0 Å².